The lowest BCUT2D eigenvalue weighted by Crippen LogP contribution is -2.00. The minimum atomic E-state index is 0.643. The van der Waals surface area contributed by atoms with Crippen molar-refractivity contribution in [2.75, 3.05) is 13.2 Å². The Morgan fingerprint density at radius 2 is 0.958 bits per heavy atom. The SMILES string of the molecule is N#Cc1ccc(OCCCCCCOc2ccc(C#N)cc2)cc1. The van der Waals surface area contributed by atoms with Crippen LogP contribution in [0.3, 0.4) is 0 Å². The lowest BCUT2D eigenvalue weighted by molar-refractivity contribution is 0.287. The largest absolute Gasteiger partial charge is 0.494 e. The molecule has 0 aliphatic rings. The molecule has 0 amide bonds. The molecular formula is C20H20N2O2. The molecule has 0 radical (unpaired) electrons. The van der Waals surface area contributed by atoms with Crippen molar-refractivity contribution in [3.05, 3.63) is 59.7 Å². The second-order valence-electron chi connectivity index (χ2n) is 5.38. The molecule has 0 saturated carbocycles. The molecule has 0 atom stereocenters. The molecule has 2 aromatic carbocycles. The van der Waals surface area contributed by atoms with Crippen LogP contribution < -0.4 is 9.47 Å². The molecular weight excluding hydrogens is 300 g/mol. The van der Waals surface area contributed by atoms with Gasteiger partial charge < -0.3 is 9.47 Å². The first-order chi connectivity index (χ1) is 11.8. The van der Waals surface area contributed by atoms with E-state index in [2.05, 4.69) is 12.1 Å². The van der Waals surface area contributed by atoms with Crippen LogP contribution >= 0.6 is 0 Å². The number of hydrogen-bond donors (Lipinski definition) is 0. The molecule has 0 aliphatic carbocycles. The van der Waals surface area contributed by atoms with Gasteiger partial charge in [-0.3, -0.25) is 0 Å². The average molecular weight is 320 g/mol. The molecule has 0 saturated heterocycles. The third kappa shape index (κ3) is 6.02. The Hall–Kier alpha value is -2.98. The van der Waals surface area contributed by atoms with Crippen molar-refractivity contribution in [1.82, 2.24) is 0 Å². The third-order valence-corrected chi connectivity index (χ3v) is 3.54. The summed E-state index contributed by atoms with van der Waals surface area (Å²) in [7, 11) is 0. The van der Waals surface area contributed by atoms with Crippen molar-refractivity contribution in [3.63, 3.8) is 0 Å². The summed E-state index contributed by atoms with van der Waals surface area (Å²) in [6, 6.07) is 18.5. The first-order valence-corrected chi connectivity index (χ1v) is 8.08. The highest BCUT2D eigenvalue weighted by Gasteiger charge is 1.97. The van der Waals surface area contributed by atoms with Gasteiger partial charge in [0.05, 0.1) is 36.5 Å². The fraction of sp³-hybridized carbons (Fsp3) is 0.300. The Balaban J connectivity index is 1.50. The van der Waals surface area contributed by atoms with Crippen molar-refractivity contribution < 1.29 is 9.47 Å². The Morgan fingerprint density at radius 3 is 1.29 bits per heavy atom. The van der Waals surface area contributed by atoms with Crippen molar-refractivity contribution in [1.29, 1.82) is 10.5 Å². The standard InChI is InChI=1S/C20H20N2O2/c21-15-17-5-9-19(10-6-17)23-13-3-1-2-4-14-24-20-11-7-18(16-22)8-12-20/h5-12H,1-4,13-14H2. The van der Waals surface area contributed by atoms with Crippen LogP contribution in [0, 0.1) is 22.7 Å². The minimum absolute atomic E-state index is 0.643. The van der Waals surface area contributed by atoms with Gasteiger partial charge in [0.25, 0.3) is 0 Å². The van der Waals surface area contributed by atoms with Crippen molar-refractivity contribution >= 4 is 0 Å². The Labute approximate surface area is 142 Å². The van der Waals surface area contributed by atoms with Gasteiger partial charge >= 0.3 is 0 Å². The minimum Gasteiger partial charge on any atom is -0.494 e. The maximum Gasteiger partial charge on any atom is 0.119 e. The predicted octanol–water partition coefficient (Wildman–Crippen LogP) is 4.45. The third-order valence-electron chi connectivity index (χ3n) is 3.54. The van der Waals surface area contributed by atoms with Gasteiger partial charge in [-0.25, -0.2) is 0 Å². The first kappa shape index (κ1) is 17.4. The molecule has 0 aliphatic heterocycles. The molecule has 0 spiro atoms. The zero-order valence-electron chi connectivity index (χ0n) is 13.6. The monoisotopic (exact) mass is 320 g/mol. The topological polar surface area (TPSA) is 66.0 Å². The molecule has 122 valence electrons. The normalized spacial score (nSPS) is 9.75. The van der Waals surface area contributed by atoms with E-state index in [1.54, 1.807) is 24.3 Å². The molecule has 0 aromatic heterocycles. The highest BCUT2D eigenvalue weighted by molar-refractivity contribution is 5.35. The maximum atomic E-state index is 8.73. The van der Waals surface area contributed by atoms with Gasteiger partial charge in [0.15, 0.2) is 0 Å². The molecule has 0 N–H and O–H groups in total. The fourth-order valence-corrected chi connectivity index (χ4v) is 2.19. The van der Waals surface area contributed by atoms with Crippen LogP contribution in [-0.4, -0.2) is 13.2 Å². The molecule has 4 heteroatoms. The summed E-state index contributed by atoms with van der Waals surface area (Å²) < 4.78 is 11.3. The summed E-state index contributed by atoms with van der Waals surface area (Å²) in [6.45, 7) is 1.37. The van der Waals surface area contributed by atoms with E-state index >= 15 is 0 Å². The number of rotatable bonds is 9. The van der Waals surface area contributed by atoms with Crippen LogP contribution in [0.5, 0.6) is 11.5 Å². The van der Waals surface area contributed by atoms with Crippen LogP contribution in [0.1, 0.15) is 36.8 Å². The van der Waals surface area contributed by atoms with E-state index in [0.29, 0.717) is 24.3 Å². The van der Waals surface area contributed by atoms with E-state index in [-0.39, 0.29) is 0 Å². The van der Waals surface area contributed by atoms with E-state index in [1.807, 2.05) is 24.3 Å². The van der Waals surface area contributed by atoms with E-state index in [1.165, 1.54) is 0 Å². The number of benzene rings is 2. The average Bonchev–Trinajstić information content (AvgIpc) is 2.65. The molecule has 0 bridgehead atoms. The van der Waals surface area contributed by atoms with Gasteiger partial charge in [0.1, 0.15) is 11.5 Å². The molecule has 0 heterocycles. The van der Waals surface area contributed by atoms with Gasteiger partial charge in [-0.2, -0.15) is 10.5 Å². The lowest BCUT2D eigenvalue weighted by Gasteiger charge is -2.07. The summed E-state index contributed by atoms with van der Waals surface area (Å²) in [6.07, 6.45) is 4.17. The zero-order chi connectivity index (χ0) is 17.0. The number of hydrogen-bond acceptors (Lipinski definition) is 4. The molecule has 2 rings (SSSR count). The second-order valence-corrected chi connectivity index (χ2v) is 5.38. The number of unbranched alkanes of at least 4 members (excludes halogenated alkanes) is 3. The van der Waals surface area contributed by atoms with E-state index in [0.717, 1.165) is 37.2 Å². The van der Waals surface area contributed by atoms with Crippen LogP contribution in [0.15, 0.2) is 48.5 Å². The summed E-state index contributed by atoms with van der Waals surface area (Å²) in [4.78, 5) is 0. The van der Waals surface area contributed by atoms with Crippen molar-refractivity contribution in [3.8, 4) is 23.6 Å². The van der Waals surface area contributed by atoms with Gasteiger partial charge in [0.2, 0.25) is 0 Å². The van der Waals surface area contributed by atoms with Gasteiger partial charge in [-0.15, -0.1) is 0 Å². The quantitative estimate of drug-likeness (QED) is 0.640. The predicted molar refractivity (Wildman–Crippen MR) is 91.8 cm³/mol. The summed E-state index contributed by atoms with van der Waals surface area (Å²) in [5.41, 5.74) is 1.29. The number of nitriles is 2. The molecule has 0 fully saturated rings. The van der Waals surface area contributed by atoms with Gasteiger partial charge in [-0.05, 0) is 74.2 Å². The van der Waals surface area contributed by atoms with Crippen LogP contribution in [0.2, 0.25) is 0 Å². The van der Waals surface area contributed by atoms with E-state index in [4.69, 9.17) is 20.0 Å². The maximum absolute atomic E-state index is 8.73. The van der Waals surface area contributed by atoms with Crippen LogP contribution in [-0.2, 0) is 0 Å². The highest BCUT2D eigenvalue weighted by Crippen LogP contribution is 2.14. The zero-order valence-corrected chi connectivity index (χ0v) is 13.6. The van der Waals surface area contributed by atoms with Gasteiger partial charge in [0, 0.05) is 0 Å². The Kier molecular flexibility index (Phi) is 7.18. The number of nitrogens with zero attached hydrogens (tertiary/aromatic N) is 2. The molecule has 2 aromatic rings. The number of ether oxygens (including phenoxy) is 2. The van der Waals surface area contributed by atoms with E-state index < -0.39 is 0 Å². The van der Waals surface area contributed by atoms with E-state index in [9.17, 15) is 0 Å². The Bertz CT molecular complexity index is 631. The second kappa shape index (κ2) is 9.92. The van der Waals surface area contributed by atoms with Crippen molar-refractivity contribution in [2.24, 2.45) is 0 Å². The Morgan fingerprint density at radius 1 is 0.583 bits per heavy atom. The molecule has 0 unspecified atom stereocenters. The summed E-state index contributed by atoms with van der Waals surface area (Å²) >= 11 is 0. The highest BCUT2D eigenvalue weighted by atomic mass is 16.5. The summed E-state index contributed by atoms with van der Waals surface area (Å²) in [5.74, 6) is 1.61. The first-order valence-electron chi connectivity index (χ1n) is 8.08. The molecule has 24 heavy (non-hydrogen) atoms. The van der Waals surface area contributed by atoms with Crippen LogP contribution in [0.4, 0.5) is 0 Å². The molecule has 4 nitrogen and oxygen atoms in total. The van der Waals surface area contributed by atoms with Crippen molar-refractivity contribution in [2.45, 2.75) is 25.7 Å². The summed E-state index contributed by atoms with van der Waals surface area (Å²) in [5, 5.41) is 17.5. The smallest absolute Gasteiger partial charge is 0.119 e. The van der Waals surface area contributed by atoms with Crippen LogP contribution in [0.25, 0.3) is 0 Å². The fourth-order valence-electron chi connectivity index (χ4n) is 2.19. The lowest BCUT2D eigenvalue weighted by atomic mass is 10.2. The van der Waals surface area contributed by atoms with Gasteiger partial charge in [-0.1, -0.05) is 0 Å².